The number of aliphatic hydroxyl groups is 1. The molecule has 0 saturated carbocycles. The molecule has 0 radical (unpaired) electrons. The molecule has 25 heavy (non-hydrogen) atoms. The van der Waals surface area contributed by atoms with Crippen molar-refractivity contribution in [3.05, 3.63) is 34.9 Å². The van der Waals surface area contributed by atoms with E-state index in [1.165, 1.54) is 0 Å². The van der Waals surface area contributed by atoms with Crippen LogP contribution in [-0.2, 0) is 9.71 Å². The first kappa shape index (κ1) is 19.6. The van der Waals surface area contributed by atoms with E-state index in [1.54, 1.807) is 44.3 Å². The number of rotatable bonds is 6. The summed E-state index contributed by atoms with van der Waals surface area (Å²) in [4.78, 5) is 9.09. The zero-order valence-corrected chi connectivity index (χ0v) is 16.7. The van der Waals surface area contributed by atoms with Crippen LogP contribution in [0, 0.1) is 0 Å². The topological polar surface area (TPSA) is 113 Å². The van der Waals surface area contributed by atoms with Crippen molar-refractivity contribution in [2.45, 2.75) is 37.3 Å². The average molecular weight is 428 g/mol. The lowest BCUT2D eigenvalue weighted by Gasteiger charge is -2.27. The van der Waals surface area contributed by atoms with Gasteiger partial charge in [0.05, 0.1) is 25.8 Å². The van der Waals surface area contributed by atoms with Crippen molar-refractivity contribution in [3.8, 4) is 0 Å². The molecule has 0 bridgehead atoms. The Morgan fingerprint density at radius 3 is 2.48 bits per heavy atom. The van der Waals surface area contributed by atoms with Crippen LogP contribution in [0.3, 0.4) is 0 Å². The summed E-state index contributed by atoms with van der Waals surface area (Å²) in [5.41, 5.74) is -0.187. The van der Waals surface area contributed by atoms with Crippen molar-refractivity contribution in [1.29, 1.82) is 0 Å². The SMILES string of the molecule is C=S(N)(=O)c1ccc(Nc2ncc(Br)c(N[C@H](C)C(C)(C)O)n2)cc1. The normalized spacial score (nSPS) is 15.3. The maximum Gasteiger partial charge on any atom is 0.229 e. The first-order valence-corrected chi connectivity index (χ1v) is 10.1. The third-order valence-corrected chi connectivity index (χ3v) is 5.32. The molecule has 7 nitrogen and oxygen atoms in total. The van der Waals surface area contributed by atoms with Crippen molar-refractivity contribution >= 4 is 49.0 Å². The van der Waals surface area contributed by atoms with Gasteiger partial charge in [0.25, 0.3) is 0 Å². The van der Waals surface area contributed by atoms with Gasteiger partial charge in [0.2, 0.25) is 5.95 Å². The molecule has 0 amide bonds. The zero-order valence-electron chi connectivity index (χ0n) is 14.3. The largest absolute Gasteiger partial charge is 0.388 e. The van der Waals surface area contributed by atoms with E-state index in [9.17, 15) is 9.32 Å². The van der Waals surface area contributed by atoms with E-state index in [-0.39, 0.29) is 6.04 Å². The van der Waals surface area contributed by atoms with Crippen LogP contribution in [0.15, 0.2) is 39.8 Å². The summed E-state index contributed by atoms with van der Waals surface area (Å²) in [7, 11) is -2.73. The molecule has 0 aliphatic heterocycles. The van der Waals surface area contributed by atoms with Crippen LogP contribution >= 0.6 is 15.9 Å². The summed E-state index contributed by atoms with van der Waals surface area (Å²) >= 11 is 3.39. The van der Waals surface area contributed by atoms with E-state index >= 15 is 0 Å². The number of anilines is 3. The summed E-state index contributed by atoms with van der Waals surface area (Å²) < 4.78 is 12.4. The first-order valence-electron chi connectivity index (χ1n) is 7.50. The summed E-state index contributed by atoms with van der Waals surface area (Å²) in [6, 6.07) is 6.52. The molecule has 2 atom stereocenters. The molecule has 0 aliphatic carbocycles. The Kier molecular flexibility index (Phi) is 5.72. The Balaban J connectivity index is 2.19. The molecule has 1 unspecified atom stereocenters. The van der Waals surface area contributed by atoms with Gasteiger partial charge < -0.3 is 15.7 Å². The van der Waals surface area contributed by atoms with Gasteiger partial charge in [-0.2, -0.15) is 4.98 Å². The van der Waals surface area contributed by atoms with Gasteiger partial charge in [-0.05, 0) is 66.8 Å². The molecule has 0 spiro atoms. The molecule has 2 aromatic rings. The van der Waals surface area contributed by atoms with E-state index < -0.39 is 15.3 Å². The molecule has 9 heteroatoms. The van der Waals surface area contributed by atoms with Crippen LogP contribution in [0.2, 0.25) is 0 Å². The predicted octanol–water partition coefficient (Wildman–Crippen LogP) is 2.50. The van der Waals surface area contributed by atoms with Gasteiger partial charge >= 0.3 is 0 Å². The Bertz CT molecular complexity index is 848. The standard InChI is InChI=1S/C16H22BrN5O2S/c1-10(16(2,3)23)20-14-13(17)9-19-15(22-14)21-11-5-7-12(8-6-11)25(4,18)24/h5-10,23H,4H2,1-3H3,(H2,18,24)(H2,19,20,21,22)/t10-,25?/m1/s1. The van der Waals surface area contributed by atoms with Crippen molar-refractivity contribution < 1.29 is 9.32 Å². The molecule has 0 saturated heterocycles. The highest BCUT2D eigenvalue weighted by molar-refractivity contribution is 9.10. The second-order valence-corrected chi connectivity index (χ2v) is 9.06. The fourth-order valence-corrected chi connectivity index (χ4v) is 2.71. The Labute approximate surface area is 156 Å². The molecule has 0 fully saturated rings. The average Bonchev–Trinajstić information content (AvgIpc) is 2.49. The third kappa shape index (κ3) is 5.40. The molecule has 1 heterocycles. The van der Waals surface area contributed by atoms with Gasteiger partial charge in [0.15, 0.2) is 0 Å². The van der Waals surface area contributed by atoms with Gasteiger partial charge in [0, 0.05) is 16.8 Å². The Morgan fingerprint density at radius 2 is 1.96 bits per heavy atom. The fraction of sp³-hybridized carbons (Fsp3) is 0.312. The van der Waals surface area contributed by atoms with Crippen LogP contribution < -0.4 is 15.8 Å². The Hall–Kier alpha value is -1.68. The number of nitrogens with two attached hydrogens (primary N) is 1. The minimum atomic E-state index is -2.73. The molecule has 0 aliphatic rings. The number of benzene rings is 1. The van der Waals surface area contributed by atoms with E-state index in [1.807, 2.05) is 6.92 Å². The van der Waals surface area contributed by atoms with Crippen molar-refractivity contribution in [2.75, 3.05) is 10.6 Å². The van der Waals surface area contributed by atoms with Crippen LogP contribution in [-0.4, -0.2) is 36.8 Å². The fourth-order valence-electron chi connectivity index (χ4n) is 1.81. The van der Waals surface area contributed by atoms with Gasteiger partial charge in [-0.25, -0.2) is 9.19 Å². The van der Waals surface area contributed by atoms with Crippen molar-refractivity contribution in [2.24, 2.45) is 5.14 Å². The van der Waals surface area contributed by atoms with Crippen LogP contribution in [0.1, 0.15) is 20.8 Å². The first-order chi connectivity index (χ1) is 11.5. The second kappa shape index (κ2) is 7.28. The molecular weight excluding hydrogens is 406 g/mol. The summed E-state index contributed by atoms with van der Waals surface area (Å²) in [6.45, 7) is 5.31. The lowest BCUT2D eigenvalue weighted by Crippen LogP contribution is -2.39. The van der Waals surface area contributed by atoms with Gasteiger partial charge in [0.1, 0.15) is 5.82 Å². The van der Waals surface area contributed by atoms with Crippen LogP contribution in [0.5, 0.6) is 0 Å². The van der Waals surface area contributed by atoms with Gasteiger partial charge in [-0.1, -0.05) is 0 Å². The molecule has 2 rings (SSSR count). The predicted molar refractivity (Wildman–Crippen MR) is 107 cm³/mol. The van der Waals surface area contributed by atoms with Crippen LogP contribution in [0.25, 0.3) is 0 Å². The number of hydrogen-bond acceptors (Lipinski definition) is 6. The van der Waals surface area contributed by atoms with Gasteiger partial charge in [-0.3, -0.25) is 5.14 Å². The maximum atomic E-state index is 11.7. The van der Waals surface area contributed by atoms with Gasteiger partial charge in [-0.15, -0.1) is 0 Å². The molecule has 1 aromatic carbocycles. The van der Waals surface area contributed by atoms with Crippen LogP contribution in [0.4, 0.5) is 17.5 Å². The van der Waals surface area contributed by atoms with E-state index in [0.717, 1.165) is 5.69 Å². The van der Waals surface area contributed by atoms with E-state index in [0.29, 0.717) is 21.1 Å². The second-order valence-electron chi connectivity index (χ2n) is 6.29. The summed E-state index contributed by atoms with van der Waals surface area (Å²) in [5, 5.41) is 21.8. The number of nitrogens with zero attached hydrogens (tertiary/aromatic N) is 2. The minimum Gasteiger partial charge on any atom is -0.388 e. The molecule has 1 aromatic heterocycles. The third-order valence-electron chi connectivity index (χ3n) is 3.67. The maximum absolute atomic E-state index is 11.7. The number of hydrogen-bond donors (Lipinski definition) is 4. The monoisotopic (exact) mass is 427 g/mol. The molecule has 136 valence electrons. The smallest absolute Gasteiger partial charge is 0.229 e. The number of nitrogens with one attached hydrogen (secondary N) is 2. The van der Waals surface area contributed by atoms with Crippen molar-refractivity contribution in [3.63, 3.8) is 0 Å². The lowest BCUT2D eigenvalue weighted by molar-refractivity contribution is 0.0647. The molecule has 5 N–H and O–H groups in total. The van der Waals surface area contributed by atoms with E-state index in [4.69, 9.17) is 5.14 Å². The number of aromatic nitrogens is 2. The van der Waals surface area contributed by atoms with E-state index in [2.05, 4.69) is 42.4 Å². The Morgan fingerprint density at radius 1 is 1.36 bits per heavy atom. The highest BCUT2D eigenvalue weighted by Crippen LogP contribution is 2.24. The summed E-state index contributed by atoms with van der Waals surface area (Å²) in [6.07, 6.45) is 1.62. The number of halogens is 1. The quantitative estimate of drug-likeness (QED) is 0.526. The molecular formula is C16H22BrN5O2S. The lowest BCUT2D eigenvalue weighted by atomic mass is 10.0. The zero-order chi connectivity index (χ0) is 18.8. The van der Waals surface area contributed by atoms with Crippen molar-refractivity contribution in [1.82, 2.24) is 9.97 Å². The highest BCUT2D eigenvalue weighted by atomic mass is 79.9. The summed E-state index contributed by atoms with van der Waals surface area (Å²) in [5.74, 6) is 4.39. The highest BCUT2D eigenvalue weighted by Gasteiger charge is 2.23. The minimum absolute atomic E-state index is 0.222.